The fourth-order valence-electron chi connectivity index (χ4n) is 10.9. The van der Waals surface area contributed by atoms with Crippen molar-refractivity contribution >= 4 is 12.2 Å². The van der Waals surface area contributed by atoms with Gasteiger partial charge in [0.25, 0.3) is 0 Å². The number of carbonyl (C=O) groups excluding carboxylic acids is 1. The summed E-state index contributed by atoms with van der Waals surface area (Å²) in [7, 11) is 0. The molecule has 9 nitrogen and oxygen atoms in total. The normalized spacial score (nSPS) is 47.2. The lowest BCUT2D eigenvalue weighted by Gasteiger charge is -2.66. The van der Waals surface area contributed by atoms with E-state index >= 15 is 0 Å². The molecule has 252 valence electrons. The second-order valence-electron chi connectivity index (χ2n) is 15.5. The van der Waals surface area contributed by atoms with Crippen LogP contribution in [0.3, 0.4) is 0 Å². The SMILES string of the molecule is C[C@H]1O[C@@H](O[C@H]2CC[C@]3(C=NCCc4ccccc4)[C@@H]4CC[C@]5(C)[C@H](C6=CC(=O)OC6)CC[C@]5(O)[C@H]4CC[C@@]3(O)C2)C[C@H](O)[C@@H]1O. The molecule has 4 N–H and O–H groups in total. The first-order chi connectivity index (χ1) is 22.0. The number of aliphatic hydroxyl groups excluding tert-OH is 2. The molecule has 1 saturated heterocycles. The molecular formula is C37H51NO8. The maximum Gasteiger partial charge on any atom is 0.331 e. The van der Waals surface area contributed by atoms with Crippen molar-refractivity contribution in [2.24, 2.45) is 33.6 Å². The van der Waals surface area contributed by atoms with Gasteiger partial charge in [0.15, 0.2) is 6.29 Å². The number of hydrogen-bond donors (Lipinski definition) is 4. The molecular weight excluding hydrogens is 586 g/mol. The van der Waals surface area contributed by atoms with E-state index in [1.807, 2.05) is 18.2 Å². The number of fused-ring (bicyclic) bond motifs is 5. The van der Waals surface area contributed by atoms with Crippen molar-refractivity contribution in [1.82, 2.24) is 0 Å². The second-order valence-corrected chi connectivity index (χ2v) is 15.5. The summed E-state index contributed by atoms with van der Waals surface area (Å²) < 4.78 is 17.6. The Morgan fingerprint density at radius 3 is 2.54 bits per heavy atom. The third kappa shape index (κ3) is 5.21. The molecule has 12 atom stereocenters. The number of cyclic esters (lactones) is 1. The molecule has 1 aromatic carbocycles. The van der Waals surface area contributed by atoms with Crippen LogP contribution >= 0.6 is 0 Å². The van der Waals surface area contributed by atoms with Gasteiger partial charge in [0, 0.05) is 42.5 Å². The zero-order valence-corrected chi connectivity index (χ0v) is 27.2. The van der Waals surface area contributed by atoms with E-state index in [0.717, 1.165) is 31.3 Å². The Hall–Kier alpha value is -2.14. The fraction of sp³-hybridized carbons (Fsp3) is 0.730. The van der Waals surface area contributed by atoms with Crippen LogP contribution in [0.4, 0.5) is 0 Å². The third-order valence-electron chi connectivity index (χ3n) is 13.3. The summed E-state index contributed by atoms with van der Waals surface area (Å²) in [5, 5.41) is 46.0. The number of hydrogen-bond acceptors (Lipinski definition) is 9. The van der Waals surface area contributed by atoms with Crippen LogP contribution in [-0.4, -0.2) is 87.7 Å². The molecule has 4 saturated carbocycles. The predicted molar refractivity (Wildman–Crippen MR) is 171 cm³/mol. The molecule has 46 heavy (non-hydrogen) atoms. The molecule has 6 aliphatic rings. The van der Waals surface area contributed by atoms with Crippen LogP contribution in [0.5, 0.6) is 0 Å². The summed E-state index contributed by atoms with van der Waals surface area (Å²) in [5.74, 6) is -0.110. The van der Waals surface area contributed by atoms with E-state index in [1.54, 1.807) is 13.0 Å². The van der Waals surface area contributed by atoms with E-state index in [4.69, 9.17) is 19.2 Å². The van der Waals surface area contributed by atoms with E-state index in [1.165, 1.54) is 5.56 Å². The van der Waals surface area contributed by atoms with Crippen LogP contribution in [0.2, 0.25) is 0 Å². The lowest BCUT2D eigenvalue weighted by atomic mass is 9.41. The Labute approximate surface area is 272 Å². The smallest absolute Gasteiger partial charge is 0.331 e. The van der Waals surface area contributed by atoms with Crippen molar-refractivity contribution in [3.63, 3.8) is 0 Å². The Bertz CT molecular complexity index is 1340. The Morgan fingerprint density at radius 1 is 1.02 bits per heavy atom. The quantitative estimate of drug-likeness (QED) is 0.201. The minimum atomic E-state index is -1.07. The Balaban J connectivity index is 1.16. The molecule has 0 amide bonds. The summed E-state index contributed by atoms with van der Waals surface area (Å²) in [6.07, 6.45) is 7.68. The summed E-state index contributed by atoms with van der Waals surface area (Å²) in [4.78, 5) is 17.0. The number of carbonyl (C=O) groups is 1. The zero-order valence-electron chi connectivity index (χ0n) is 27.2. The van der Waals surface area contributed by atoms with Crippen molar-refractivity contribution in [2.75, 3.05) is 13.2 Å². The summed E-state index contributed by atoms with van der Waals surface area (Å²) in [5.41, 5.74) is -0.707. The number of benzene rings is 1. The second kappa shape index (κ2) is 12.1. The largest absolute Gasteiger partial charge is 0.458 e. The molecule has 0 spiro atoms. The standard InChI is InChI=1S/C37H51NO8/c1-23-33(41)30(39)19-32(45-23)46-26-8-14-35(22-38-17-12-24-6-4-3-5-7-24)28-9-13-34(2)27(25-18-31(40)44-21-25)11-16-37(34,43)29(28)10-15-36(35,42)20-26/h3-7,18,22-23,26-30,32-33,39,41-43H,8-17,19-21H2,1-2H3/t23-,26+,27+,28-,29+,30+,32+,33-,34-,35+,36-,37+/m1/s1. The van der Waals surface area contributed by atoms with Crippen molar-refractivity contribution in [3.8, 4) is 0 Å². The van der Waals surface area contributed by atoms with E-state index in [9.17, 15) is 25.2 Å². The molecule has 9 heteroatoms. The van der Waals surface area contributed by atoms with Crippen LogP contribution in [0.15, 0.2) is 47.0 Å². The number of ether oxygens (including phenoxy) is 3. The number of aliphatic imine (C=N–C) groups is 1. The molecule has 2 heterocycles. The van der Waals surface area contributed by atoms with Crippen molar-refractivity contribution in [1.29, 1.82) is 0 Å². The summed E-state index contributed by atoms with van der Waals surface area (Å²) >= 11 is 0. The highest BCUT2D eigenvalue weighted by atomic mass is 16.7. The van der Waals surface area contributed by atoms with Gasteiger partial charge in [-0.15, -0.1) is 0 Å². The van der Waals surface area contributed by atoms with Crippen molar-refractivity contribution in [3.05, 3.63) is 47.5 Å². The summed E-state index contributed by atoms with van der Waals surface area (Å²) in [6, 6.07) is 10.3. The van der Waals surface area contributed by atoms with Crippen LogP contribution in [0.25, 0.3) is 0 Å². The minimum absolute atomic E-state index is 0.00681. The monoisotopic (exact) mass is 637 g/mol. The van der Waals surface area contributed by atoms with Crippen LogP contribution < -0.4 is 0 Å². The van der Waals surface area contributed by atoms with Gasteiger partial charge in [0.05, 0.1) is 29.5 Å². The Morgan fingerprint density at radius 2 is 1.80 bits per heavy atom. The summed E-state index contributed by atoms with van der Waals surface area (Å²) in [6.45, 7) is 4.90. The predicted octanol–water partition coefficient (Wildman–Crippen LogP) is 3.89. The highest BCUT2D eigenvalue weighted by molar-refractivity contribution is 5.85. The molecule has 2 aliphatic heterocycles. The van der Waals surface area contributed by atoms with Gasteiger partial charge in [-0.1, -0.05) is 37.3 Å². The molecule has 1 aromatic rings. The lowest BCUT2D eigenvalue weighted by Crippen LogP contribution is -2.69. The van der Waals surface area contributed by atoms with E-state index < -0.39 is 41.2 Å². The van der Waals surface area contributed by atoms with Gasteiger partial charge in [-0.25, -0.2) is 4.79 Å². The number of aliphatic hydroxyl groups is 4. The average Bonchev–Trinajstić information content (AvgIpc) is 3.58. The first-order valence-corrected chi connectivity index (χ1v) is 17.5. The van der Waals surface area contributed by atoms with Crippen LogP contribution in [-0.2, 0) is 25.4 Å². The third-order valence-corrected chi connectivity index (χ3v) is 13.3. The van der Waals surface area contributed by atoms with Crippen molar-refractivity contribution < 1.29 is 39.4 Å². The molecule has 0 bridgehead atoms. The average molecular weight is 638 g/mol. The first-order valence-electron chi connectivity index (χ1n) is 17.5. The van der Waals surface area contributed by atoms with E-state index in [2.05, 4.69) is 25.3 Å². The first kappa shape index (κ1) is 32.4. The molecule has 0 radical (unpaired) electrons. The zero-order chi connectivity index (χ0) is 32.3. The van der Waals surface area contributed by atoms with Crippen LogP contribution in [0, 0.1) is 28.6 Å². The van der Waals surface area contributed by atoms with Gasteiger partial charge in [0.2, 0.25) is 0 Å². The molecule has 7 rings (SSSR count). The van der Waals surface area contributed by atoms with E-state index in [0.29, 0.717) is 51.7 Å². The van der Waals surface area contributed by atoms with Gasteiger partial charge in [-0.05, 0) is 93.6 Å². The number of esters is 1. The van der Waals surface area contributed by atoms with Gasteiger partial charge in [0.1, 0.15) is 12.7 Å². The van der Waals surface area contributed by atoms with E-state index in [-0.39, 0.29) is 41.7 Å². The fourth-order valence-corrected chi connectivity index (χ4v) is 10.9. The van der Waals surface area contributed by atoms with Gasteiger partial charge < -0.3 is 34.6 Å². The van der Waals surface area contributed by atoms with Gasteiger partial charge in [-0.3, -0.25) is 4.99 Å². The minimum Gasteiger partial charge on any atom is -0.458 e. The van der Waals surface area contributed by atoms with Gasteiger partial charge in [-0.2, -0.15) is 0 Å². The van der Waals surface area contributed by atoms with Gasteiger partial charge >= 0.3 is 5.97 Å². The van der Waals surface area contributed by atoms with Crippen LogP contribution in [0.1, 0.15) is 83.6 Å². The molecule has 5 fully saturated rings. The molecule has 4 aliphatic carbocycles. The molecule has 0 aromatic heterocycles. The molecule has 0 unspecified atom stereocenters. The Kier molecular flexibility index (Phi) is 8.51. The maximum absolute atomic E-state index is 12.7. The maximum atomic E-state index is 12.7. The highest BCUT2D eigenvalue weighted by Crippen LogP contribution is 2.70. The lowest BCUT2D eigenvalue weighted by molar-refractivity contribution is -0.282. The van der Waals surface area contributed by atoms with Crippen molar-refractivity contribution in [2.45, 2.75) is 126 Å². The number of rotatable bonds is 7. The topological polar surface area (TPSA) is 138 Å². The number of nitrogens with zero attached hydrogens (tertiary/aromatic N) is 1. The highest BCUT2D eigenvalue weighted by Gasteiger charge is 2.71.